The molecule has 2 rings (SSSR count). The van der Waals surface area contributed by atoms with Crippen LogP contribution in [0.2, 0.25) is 0 Å². The van der Waals surface area contributed by atoms with Crippen LogP contribution in [0.4, 0.5) is 11.8 Å². The van der Waals surface area contributed by atoms with Gasteiger partial charge in [0.15, 0.2) is 0 Å². The molecule has 0 radical (unpaired) electrons. The van der Waals surface area contributed by atoms with Gasteiger partial charge in [-0.05, 0) is 18.4 Å². The monoisotopic (exact) mass is 194 g/mol. The smallest absolute Gasteiger partial charge is 0.223 e. The first-order valence-electron chi connectivity index (χ1n) is 4.06. The summed E-state index contributed by atoms with van der Waals surface area (Å²) < 4.78 is 0. The van der Waals surface area contributed by atoms with Gasteiger partial charge in [-0.1, -0.05) is 0 Å². The molecule has 0 aliphatic heterocycles. The minimum atomic E-state index is 0.325. The van der Waals surface area contributed by atoms with Crippen molar-refractivity contribution >= 4 is 33.3 Å². The first kappa shape index (κ1) is 8.25. The average molecular weight is 194 g/mol. The third-order valence-electron chi connectivity index (χ3n) is 1.69. The quantitative estimate of drug-likeness (QED) is 0.763. The molecule has 0 spiro atoms. The Morgan fingerprint density at radius 2 is 2.38 bits per heavy atom. The number of aromatic nitrogens is 2. The van der Waals surface area contributed by atoms with E-state index in [-0.39, 0.29) is 0 Å². The van der Waals surface area contributed by atoms with Crippen LogP contribution < -0.4 is 11.1 Å². The maximum Gasteiger partial charge on any atom is 0.223 e. The minimum Gasteiger partial charge on any atom is -0.370 e. The third-order valence-corrected chi connectivity index (χ3v) is 2.49. The van der Waals surface area contributed by atoms with E-state index in [9.17, 15) is 0 Å². The number of rotatable bonds is 2. The first-order chi connectivity index (χ1) is 6.31. The molecule has 0 amide bonds. The van der Waals surface area contributed by atoms with Crippen molar-refractivity contribution in [2.24, 2.45) is 0 Å². The van der Waals surface area contributed by atoms with Crippen LogP contribution in [0.3, 0.4) is 0 Å². The summed E-state index contributed by atoms with van der Waals surface area (Å²) in [7, 11) is 0. The van der Waals surface area contributed by atoms with Crippen molar-refractivity contribution < 1.29 is 0 Å². The van der Waals surface area contributed by atoms with Crippen LogP contribution >= 0.6 is 11.3 Å². The number of nitrogens with zero attached hydrogens (tertiary/aromatic N) is 2. The third kappa shape index (κ3) is 1.42. The molecule has 0 aliphatic carbocycles. The van der Waals surface area contributed by atoms with Crippen LogP contribution in [-0.4, -0.2) is 16.5 Å². The van der Waals surface area contributed by atoms with Crippen molar-refractivity contribution in [3.8, 4) is 0 Å². The lowest BCUT2D eigenvalue weighted by Crippen LogP contribution is -2.03. The molecule has 0 aromatic carbocycles. The summed E-state index contributed by atoms with van der Waals surface area (Å²) in [6.07, 6.45) is 0. The highest BCUT2D eigenvalue weighted by molar-refractivity contribution is 7.16. The Morgan fingerprint density at radius 1 is 1.54 bits per heavy atom. The van der Waals surface area contributed by atoms with Crippen LogP contribution in [-0.2, 0) is 0 Å². The Labute approximate surface area is 79.8 Å². The molecule has 4 nitrogen and oxygen atoms in total. The van der Waals surface area contributed by atoms with Crippen molar-refractivity contribution in [3.63, 3.8) is 0 Å². The maximum absolute atomic E-state index is 5.56. The lowest BCUT2D eigenvalue weighted by molar-refractivity contribution is 1.15. The highest BCUT2D eigenvalue weighted by Crippen LogP contribution is 2.25. The summed E-state index contributed by atoms with van der Waals surface area (Å²) in [5, 5.41) is 6.18. The molecular formula is C8H10N4S. The van der Waals surface area contributed by atoms with Crippen LogP contribution in [0.25, 0.3) is 10.2 Å². The maximum atomic E-state index is 5.56. The molecule has 0 unspecified atom stereocenters. The molecule has 0 atom stereocenters. The molecule has 3 N–H and O–H groups in total. The zero-order valence-electron chi connectivity index (χ0n) is 7.24. The van der Waals surface area contributed by atoms with E-state index in [0.717, 1.165) is 22.6 Å². The van der Waals surface area contributed by atoms with Gasteiger partial charge in [0.1, 0.15) is 10.6 Å². The van der Waals surface area contributed by atoms with E-state index in [4.69, 9.17) is 5.73 Å². The highest BCUT2D eigenvalue weighted by Gasteiger charge is 2.05. The molecular weight excluding hydrogens is 184 g/mol. The second-order valence-electron chi connectivity index (χ2n) is 2.60. The largest absolute Gasteiger partial charge is 0.370 e. The fraction of sp³-hybridized carbons (Fsp3) is 0.250. The fourth-order valence-corrected chi connectivity index (χ4v) is 1.95. The molecule has 2 aromatic rings. The van der Waals surface area contributed by atoms with Gasteiger partial charge in [-0.3, -0.25) is 0 Å². The van der Waals surface area contributed by atoms with E-state index in [0.29, 0.717) is 5.95 Å². The van der Waals surface area contributed by atoms with Crippen LogP contribution in [0.5, 0.6) is 0 Å². The van der Waals surface area contributed by atoms with Gasteiger partial charge >= 0.3 is 0 Å². The molecule has 0 saturated carbocycles. The van der Waals surface area contributed by atoms with Crippen LogP contribution in [0.15, 0.2) is 11.4 Å². The normalized spacial score (nSPS) is 10.5. The summed E-state index contributed by atoms with van der Waals surface area (Å²) in [6, 6.07) is 2.00. The number of hydrogen-bond donors (Lipinski definition) is 2. The molecule has 68 valence electrons. The topological polar surface area (TPSA) is 63.8 Å². The fourth-order valence-electron chi connectivity index (χ4n) is 1.17. The zero-order chi connectivity index (χ0) is 9.26. The molecule has 0 saturated heterocycles. The summed E-state index contributed by atoms with van der Waals surface area (Å²) >= 11 is 1.57. The van der Waals surface area contributed by atoms with Crippen LogP contribution in [0, 0.1) is 0 Å². The zero-order valence-corrected chi connectivity index (χ0v) is 8.06. The van der Waals surface area contributed by atoms with Gasteiger partial charge in [0, 0.05) is 6.54 Å². The number of nitrogens with two attached hydrogens (primary N) is 1. The van der Waals surface area contributed by atoms with Crippen molar-refractivity contribution in [2.75, 3.05) is 17.6 Å². The predicted octanol–water partition coefficient (Wildman–Crippen LogP) is 1.71. The highest BCUT2D eigenvalue weighted by atomic mass is 32.1. The number of anilines is 2. The summed E-state index contributed by atoms with van der Waals surface area (Å²) in [6.45, 7) is 2.86. The van der Waals surface area contributed by atoms with Gasteiger partial charge in [-0.2, -0.15) is 4.98 Å². The van der Waals surface area contributed by atoms with E-state index < -0.39 is 0 Å². The molecule has 13 heavy (non-hydrogen) atoms. The Bertz CT molecular complexity index is 423. The molecule has 0 aliphatic rings. The molecule has 0 bridgehead atoms. The lowest BCUT2D eigenvalue weighted by Gasteiger charge is -2.03. The summed E-state index contributed by atoms with van der Waals surface area (Å²) in [5.74, 6) is 1.15. The number of nitrogen functional groups attached to an aromatic ring is 1. The van der Waals surface area contributed by atoms with Crippen molar-refractivity contribution in [1.82, 2.24) is 9.97 Å². The van der Waals surface area contributed by atoms with Gasteiger partial charge in [0.2, 0.25) is 5.95 Å². The molecule has 2 aromatic heterocycles. The number of hydrogen-bond acceptors (Lipinski definition) is 5. The molecule has 2 heterocycles. The Hall–Kier alpha value is -1.36. The van der Waals surface area contributed by atoms with E-state index in [2.05, 4.69) is 15.3 Å². The lowest BCUT2D eigenvalue weighted by atomic mass is 10.4. The summed E-state index contributed by atoms with van der Waals surface area (Å²) in [5.41, 5.74) is 5.56. The van der Waals surface area contributed by atoms with Crippen molar-refractivity contribution in [3.05, 3.63) is 11.4 Å². The van der Waals surface area contributed by atoms with Gasteiger partial charge < -0.3 is 11.1 Å². The Kier molecular flexibility index (Phi) is 2.02. The van der Waals surface area contributed by atoms with Crippen LogP contribution in [0.1, 0.15) is 6.92 Å². The van der Waals surface area contributed by atoms with Crippen molar-refractivity contribution in [1.29, 1.82) is 0 Å². The summed E-state index contributed by atoms with van der Waals surface area (Å²) in [4.78, 5) is 9.18. The van der Waals surface area contributed by atoms with Gasteiger partial charge in [0.25, 0.3) is 0 Å². The molecule has 0 fully saturated rings. The average Bonchev–Trinajstić information content (AvgIpc) is 2.52. The number of thiophene rings is 1. The Morgan fingerprint density at radius 3 is 3.15 bits per heavy atom. The Balaban J connectivity index is 2.63. The SMILES string of the molecule is CCNc1nc(N)nc2sccc12. The second kappa shape index (κ2) is 3.18. The minimum absolute atomic E-state index is 0.325. The van der Waals surface area contributed by atoms with Gasteiger partial charge in [-0.15, -0.1) is 11.3 Å². The van der Waals surface area contributed by atoms with E-state index in [1.54, 1.807) is 11.3 Å². The van der Waals surface area contributed by atoms with E-state index >= 15 is 0 Å². The number of nitrogens with one attached hydrogen (secondary N) is 1. The molecule has 5 heteroatoms. The van der Waals surface area contributed by atoms with Crippen molar-refractivity contribution in [2.45, 2.75) is 6.92 Å². The first-order valence-corrected chi connectivity index (χ1v) is 4.94. The van der Waals surface area contributed by atoms with E-state index in [1.807, 2.05) is 18.4 Å². The standard InChI is InChI=1S/C8H10N4S/c1-2-10-6-5-3-4-13-7(5)12-8(9)11-6/h3-4H,2H2,1H3,(H3,9,10,11,12). The van der Waals surface area contributed by atoms with Gasteiger partial charge in [-0.25, -0.2) is 4.98 Å². The van der Waals surface area contributed by atoms with E-state index in [1.165, 1.54) is 0 Å². The number of fused-ring (bicyclic) bond motifs is 1. The predicted molar refractivity (Wildman–Crippen MR) is 56.0 cm³/mol. The van der Waals surface area contributed by atoms with Gasteiger partial charge in [0.05, 0.1) is 5.39 Å². The second-order valence-corrected chi connectivity index (χ2v) is 3.49.